The van der Waals surface area contributed by atoms with Gasteiger partial charge in [0.15, 0.2) is 5.65 Å². The number of aromatic nitrogens is 3. The number of nitriles is 1. The van der Waals surface area contributed by atoms with E-state index >= 15 is 0 Å². The molecular weight excluding hydrogens is 279 g/mol. The highest BCUT2D eigenvalue weighted by atomic mass is 35.5. The molecule has 0 aliphatic rings. The van der Waals surface area contributed by atoms with E-state index < -0.39 is 0 Å². The summed E-state index contributed by atoms with van der Waals surface area (Å²) < 4.78 is 15.5. The maximum atomic E-state index is 13.8. The summed E-state index contributed by atoms with van der Waals surface area (Å²) in [6.07, 6.45) is 1.83. The Kier molecular flexibility index (Phi) is 3.09. The molecule has 3 aromatic rings. The Labute approximate surface area is 119 Å². The quantitative estimate of drug-likeness (QED) is 0.728. The number of halogens is 2. The molecule has 98 valence electrons. The van der Waals surface area contributed by atoms with Gasteiger partial charge in [-0.15, -0.1) is 10.2 Å². The fourth-order valence-electron chi connectivity index (χ4n) is 1.98. The zero-order valence-corrected chi connectivity index (χ0v) is 11.0. The van der Waals surface area contributed by atoms with E-state index in [1.807, 2.05) is 6.07 Å². The van der Waals surface area contributed by atoms with Gasteiger partial charge in [0, 0.05) is 23.2 Å². The summed E-state index contributed by atoms with van der Waals surface area (Å²) in [5, 5.41) is 17.3. The molecule has 0 atom stereocenters. The summed E-state index contributed by atoms with van der Waals surface area (Å²) in [5.41, 5.74) is 1.45. The lowest BCUT2D eigenvalue weighted by molar-refractivity contribution is 0.612. The van der Waals surface area contributed by atoms with E-state index in [4.69, 9.17) is 16.9 Å². The van der Waals surface area contributed by atoms with E-state index in [1.165, 1.54) is 6.07 Å². The van der Waals surface area contributed by atoms with E-state index in [0.29, 0.717) is 27.6 Å². The third-order valence-electron chi connectivity index (χ3n) is 3.00. The second-order valence-corrected chi connectivity index (χ2v) is 4.66. The molecule has 0 amide bonds. The third kappa shape index (κ3) is 2.10. The molecule has 0 aliphatic carbocycles. The van der Waals surface area contributed by atoms with Crippen LogP contribution in [0.4, 0.5) is 4.39 Å². The summed E-state index contributed by atoms with van der Waals surface area (Å²) in [6, 6.07) is 9.93. The van der Waals surface area contributed by atoms with Crippen molar-refractivity contribution in [2.45, 2.75) is 6.42 Å². The first kappa shape index (κ1) is 12.6. The Balaban J connectivity index is 2.09. The Bertz CT molecular complexity index is 815. The van der Waals surface area contributed by atoms with Crippen LogP contribution < -0.4 is 0 Å². The molecule has 1 aromatic carbocycles. The smallest absolute Gasteiger partial charge is 0.160 e. The van der Waals surface area contributed by atoms with Gasteiger partial charge < -0.3 is 0 Å². The number of fused-ring (bicyclic) bond motifs is 1. The van der Waals surface area contributed by atoms with Crippen LogP contribution in [0.1, 0.15) is 17.0 Å². The maximum Gasteiger partial charge on any atom is 0.160 e. The fraction of sp³-hybridized carbons (Fsp3) is 0.0714. The fourth-order valence-corrected chi connectivity index (χ4v) is 2.21. The molecule has 20 heavy (non-hydrogen) atoms. The summed E-state index contributed by atoms with van der Waals surface area (Å²) >= 11 is 6.01. The maximum absolute atomic E-state index is 13.8. The lowest BCUT2D eigenvalue weighted by atomic mass is 10.1. The highest BCUT2D eigenvalue weighted by molar-refractivity contribution is 6.31. The lowest BCUT2D eigenvalue weighted by Gasteiger charge is -2.04. The second kappa shape index (κ2) is 4.91. The molecule has 0 fully saturated rings. The third-order valence-corrected chi connectivity index (χ3v) is 3.35. The van der Waals surface area contributed by atoms with Gasteiger partial charge >= 0.3 is 0 Å². The molecule has 2 aromatic heterocycles. The van der Waals surface area contributed by atoms with Crippen molar-refractivity contribution in [2.75, 3.05) is 0 Å². The topological polar surface area (TPSA) is 54.0 Å². The zero-order chi connectivity index (χ0) is 14.1. The van der Waals surface area contributed by atoms with E-state index in [-0.39, 0.29) is 12.2 Å². The zero-order valence-electron chi connectivity index (χ0n) is 10.2. The molecule has 0 bridgehead atoms. The Morgan fingerprint density at radius 1 is 1.25 bits per heavy atom. The molecule has 0 saturated heterocycles. The van der Waals surface area contributed by atoms with Gasteiger partial charge in [-0.3, -0.25) is 4.40 Å². The molecular formula is C14H8ClFN4. The highest BCUT2D eigenvalue weighted by Gasteiger charge is 2.12. The van der Waals surface area contributed by atoms with E-state index in [0.717, 1.165) is 0 Å². The number of hydrogen-bond acceptors (Lipinski definition) is 3. The van der Waals surface area contributed by atoms with Crippen molar-refractivity contribution in [1.29, 1.82) is 5.26 Å². The van der Waals surface area contributed by atoms with E-state index in [2.05, 4.69) is 10.2 Å². The molecule has 6 heteroatoms. The average Bonchev–Trinajstić information content (AvgIpc) is 2.85. The molecule has 0 radical (unpaired) electrons. The summed E-state index contributed by atoms with van der Waals surface area (Å²) in [6.45, 7) is 0. The highest BCUT2D eigenvalue weighted by Crippen LogP contribution is 2.22. The standard InChI is InChI=1S/C14H8ClFN4/c15-11-2-1-3-12(16)10(11)6-14-19-18-13-5-4-9(7-17)8-20(13)14/h1-5,8H,6H2. The first-order chi connectivity index (χ1) is 9.69. The van der Waals surface area contributed by atoms with Crippen molar-refractivity contribution in [1.82, 2.24) is 14.6 Å². The number of pyridine rings is 1. The summed E-state index contributed by atoms with van der Waals surface area (Å²) in [4.78, 5) is 0. The first-order valence-electron chi connectivity index (χ1n) is 5.85. The lowest BCUT2D eigenvalue weighted by Crippen LogP contribution is -2.00. The summed E-state index contributed by atoms with van der Waals surface area (Å²) in [5.74, 6) is 0.148. The molecule has 3 rings (SSSR count). The molecule has 0 spiro atoms. The van der Waals surface area contributed by atoms with E-state index in [1.54, 1.807) is 34.9 Å². The van der Waals surface area contributed by atoms with Gasteiger partial charge in [-0.2, -0.15) is 5.26 Å². The van der Waals surface area contributed by atoms with Gasteiger partial charge in [-0.25, -0.2) is 4.39 Å². The van der Waals surface area contributed by atoms with Gasteiger partial charge in [0.25, 0.3) is 0 Å². The van der Waals surface area contributed by atoms with Crippen LogP contribution in [0.2, 0.25) is 5.02 Å². The molecule has 2 heterocycles. The van der Waals surface area contributed by atoms with Crippen molar-refractivity contribution >= 4 is 17.2 Å². The van der Waals surface area contributed by atoms with Crippen molar-refractivity contribution < 1.29 is 4.39 Å². The van der Waals surface area contributed by atoms with Crippen LogP contribution in [0.3, 0.4) is 0 Å². The van der Waals surface area contributed by atoms with Crippen LogP contribution in [0.5, 0.6) is 0 Å². The number of benzene rings is 1. The van der Waals surface area contributed by atoms with Crippen LogP contribution in [0.25, 0.3) is 5.65 Å². The SMILES string of the molecule is N#Cc1ccc2nnc(Cc3c(F)cccc3Cl)n2c1. The first-order valence-corrected chi connectivity index (χ1v) is 6.23. The van der Waals surface area contributed by atoms with Crippen LogP contribution in [-0.2, 0) is 6.42 Å². The minimum Gasteiger partial charge on any atom is -0.285 e. The van der Waals surface area contributed by atoms with Gasteiger partial charge in [-0.05, 0) is 24.3 Å². The van der Waals surface area contributed by atoms with Crippen molar-refractivity contribution in [3.63, 3.8) is 0 Å². The van der Waals surface area contributed by atoms with Crippen LogP contribution in [-0.4, -0.2) is 14.6 Å². The minimum atomic E-state index is -0.384. The van der Waals surface area contributed by atoms with Crippen molar-refractivity contribution in [3.8, 4) is 6.07 Å². The number of rotatable bonds is 2. The Morgan fingerprint density at radius 3 is 2.85 bits per heavy atom. The molecule has 0 unspecified atom stereocenters. The normalized spacial score (nSPS) is 10.7. The second-order valence-electron chi connectivity index (χ2n) is 4.25. The van der Waals surface area contributed by atoms with Crippen LogP contribution >= 0.6 is 11.6 Å². The molecule has 0 aliphatic heterocycles. The Morgan fingerprint density at radius 2 is 2.10 bits per heavy atom. The monoisotopic (exact) mass is 286 g/mol. The molecule has 0 N–H and O–H groups in total. The molecule has 0 saturated carbocycles. The Hall–Kier alpha value is -2.45. The van der Waals surface area contributed by atoms with Crippen LogP contribution in [0, 0.1) is 17.1 Å². The van der Waals surface area contributed by atoms with Gasteiger partial charge in [0.1, 0.15) is 17.7 Å². The minimum absolute atomic E-state index is 0.210. The summed E-state index contributed by atoms with van der Waals surface area (Å²) in [7, 11) is 0. The van der Waals surface area contributed by atoms with Crippen molar-refractivity contribution in [3.05, 3.63) is 64.3 Å². The largest absolute Gasteiger partial charge is 0.285 e. The predicted molar refractivity (Wildman–Crippen MR) is 71.9 cm³/mol. The van der Waals surface area contributed by atoms with Gasteiger partial charge in [0.05, 0.1) is 5.56 Å². The van der Waals surface area contributed by atoms with Crippen LogP contribution in [0.15, 0.2) is 36.5 Å². The number of nitrogens with zero attached hydrogens (tertiary/aromatic N) is 4. The van der Waals surface area contributed by atoms with Gasteiger partial charge in [-0.1, -0.05) is 17.7 Å². The number of hydrogen-bond donors (Lipinski definition) is 0. The van der Waals surface area contributed by atoms with Gasteiger partial charge in [0.2, 0.25) is 0 Å². The van der Waals surface area contributed by atoms with Crippen molar-refractivity contribution in [2.24, 2.45) is 0 Å². The predicted octanol–water partition coefficient (Wildman–Crippen LogP) is 2.98. The average molecular weight is 287 g/mol. The van der Waals surface area contributed by atoms with E-state index in [9.17, 15) is 4.39 Å². The molecule has 4 nitrogen and oxygen atoms in total.